The standard InChI is InChI=1S/C23H37N5O3/c1-5-6-19(9-11-29)26-22-20(16(2)25-23(24)27-22)14-18-8-7-17(13-21(18)31-4)15-28(3)10-12-30/h7-8,13,19,29-30H,5-6,9-12,14-15H2,1-4H3,(H3,24,25,26,27). The zero-order valence-electron chi connectivity index (χ0n) is 19.2. The number of nitrogens with two attached hydrogens (primary N) is 1. The number of hydrogen-bond donors (Lipinski definition) is 4. The van der Waals surface area contributed by atoms with E-state index >= 15 is 0 Å². The van der Waals surface area contributed by atoms with E-state index in [1.54, 1.807) is 7.11 Å². The summed E-state index contributed by atoms with van der Waals surface area (Å²) in [5, 5.41) is 22.0. The highest BCUT2D eigenvalue weighted by molar-refractivity contribution is 5.53. The molecule has 0 aliphatic rings. The smallest absolute Gasteiger partial charge is 0.222 e. The molecule has 0 bridgehead atoms. The van der Waals surface area contributed by atoms with Crippen LogP contribution in [0.15, 0.2) is 18.2 Å². The summed E-state index contributed by atoms with van der Waals surface area (Å²) in [6.45, 7) is 5.66. The summed E-state index contributed by atoms with van der Waals surface area (Å²) in [7, 11) is 3.65. The first-order valence-corrected chi connectivity index (χ1v) is 10.9. The van der Waals surface area contributed by atoms with Crippen LogP contribution in [0.2, 0.25) is 0 Å². The maximum atomic E-state index is 9.41. The van der Waals surface area contributed by atoms with Crippen molar-refractivity contribution in [1.82, 2.24) is 14.9 Å². The SMILES string of the molecule is CCCC(CCO)Nc1nc(N)nc(C)c1Cc1ccc(CN(C)CCO)cc1OC. The second-order valence-corrected chi connectivity index (χ2v) is 7.92. The average molecular weight is 432 g/mol. The van der Waals surface area contributed by atoms with E-state index in [1.165, 1.54) is 0 Å². The van der Waals surface area contributed by atoms with Crippen LogP contribution in [-0.4, -0.2) is 65.0 Å². The molecule has 0 saturated heterocycles. The minimum absolute atomic E-state index is 0.118. The maximum Gasteiger partial charge on any atom is 0.222 e. The maximum absolute atomic E-state index is 9.41. The fourth-order valence-corrected chi connectivity index (χ4v) is 3.72. The molecule has 0 amide bonds. The van der Waals surface area contributed by atoms with Crippen LogP contribution in [-0.2, 0) is 13.0 Å². The molecule has 0 spiro atoms. The number of nitrogens with one attached hydrogen (secondary N) is 1. The highest BCUT2D eigenvalue weighted by Gasteiger charge is 2.17. The lowest BCUT2D eigenvalue weighted by molar-refractivity contribution is 0.217. The van der Waals surface area contributed by atoms with Crippen LogP contribution in [0.3, 0.4) is 0 Å². The molecule has 1 aromatic carbocycles. The van der Waals surface area contributed by atoms with Gasteiger partial charge in [-0.15, -0.1) is 0 Å². The van der Waals surface area contributed by atoms with Gasteiger partial charge in [-0.25, -0.2) is 4.98 Å². The van der Waals surface area contributed by atoms with E-state index in [1.807, 2.05) is 20.0 Å². The van der Waals surface area contributed by atoms with Gasteiger partial charge < -0.3 is 26.0 Å². The number of anilines is 2. The van der Waals surface area contributed by atoms with Crippen molar-refractivity contribution in [2.45, 2.75) is 52.1 Å². The molecule has 8 heteroatoms. The quantitative estimate of drug-likeness (QED) is 0.382. The van der Waals surface area contributed by atoms with Gasteiger partial charge in [-0.2, -0.15) is 4.98 Å². The normalized spacial score (nSPS) is 12.2. The van der Waals surface area contributed by atoms with Crippen molar-refractivity contribution in [1.29, 1.82) is 0 Å². The van der Waals surface area contributed by atoms with Crippen LogP contribution in [0, 0.1) is 6.92 Å². The number of hydrogen-bond acceptors (Lipinski definition) is 8. The van der Waals surface area contributed by atoms with Crippen molar-refractivity contribution in [3.05, 3.63) is 40.6 Å². The molecule has 0 saturated carbocycles. The lowest BCUT2D eigenvalue weighted by Crippen LogP contribution is -2.23. The molecular formula is C23H37N5O3. The lowest BCUT2D eigenvalue weighted by Gasteiger charge is -2.22. The summed E-state index contributed by atoms with van der Waals surface area (Å²) in [6.07, 6.45) is 3.19. The number of methoxy groups -OCH3 is 1. The van der Waals surface area contributed by atoms with Gasteiger partial charge in [0, 0.05) is 43.4 Å². The first-order chi connectivity index (χ1) is 14.9. The molecule has 0 aliphatic carbocycles. The Hall–Kier alpha value is -2.42. The fraction of sp³-hybridized carbons (Fsp3) is 0.565. The van der Waals surface area contributed by atoms with E-state index in [0.29, 0.717) is 25.2 Å². The predicted octanol–water partition coefficient (Wildman–Crippen LogP) is 2.35. The molecule has 0 fully saturated rings. The molecule has 1 heterocycles. The van der Waals surface area contributed by atoms with Crippen LogP contribution in [0.4, 0.5) is 11.8 Å². The van der Waals surface area contributed by atoms with Crippen molar-refractivity contribution < 1.29 is 14.9 Å². The number of aromatic nitrogens is 2. The van der Waals surface area contributed by atoms with Gasteiger partial charge in [0.15, 0.2) is 0 Å². The number of aliphatic hydroxyl groups is 2. The van der Waals surface area contributed by atoms with E-state index in [-0.39, 0.29) is 25.2 Å². The third kappa shape index (κ3) is 7.34. The Labute approximate surface area is 185 Å². The third-order valence-electron chi connectivity index (χ3n) is 5.34. The summed E-state index contributed by atoms with van der Waals surface area (Å²) >= 11 is 0. The van der Waals surface area contributed by atoms with Crippen LogP contribution >= 0.6 is 0 Å². The molecule has 1 atom stereocenters. The van der Waals surface area contributed by atoms with Crippen LogP contribution in [0.5, 0.6) is 5.75 Å². The second kappa shape index (κ2) is 12.4. The highest BCUT2D eigenvalue weighted by atomic mass is 16.5. The van der Waals surface area contributed by atoms with Crippen molar-refractivity contribution in [3.8, 4) is 5.75 Å². The van der Waals surface area contributed by atoms with Gasteiger partial charge in [0.2, 0.25) is 5.95 Å². The topological polar surface area (TPSA) is 117 Å². The predicted molar refractivity (Wildman–Crippen MR) is 124 cm³/mol. The molecule has 0 radical (unpaired) electrons. The van der Waals surface area contributed by atoms with Crippen molar-refractivity contribution in [2.75, 3.05) is 45.0 Å². The molecule has 172 valence electrons. The Morgan fingerprint density at radius 3 is 2.61 bits per heavy atom. The fourth-order valence-electron chi connectivity index (χ4n) is 3.72. The van der Waals surface area contributed by atoms with E-state index in [4.69, 9.17) is 15.6 Å². The number of aryl methyl sites for hydroxylation is 1. The van der Waals surface area contributed by atoms with Crippen molar-refractivity contribution in [3.63, 3.8) is 0 Å². The van der Waals surface area contributed by atoms with Gasteiger partial charge in [-0.3, -0.25) is 4.90 Å². The number of rotatable bonds is 13. The van der Waals surface area contributed by atoms with Gasteiger partial charge >= 0.3 is 0 Å². The van der Waals surface area contributed by atoms with Crippen LogP contribution < -0.4 is 15.8 Å². The number of benzene rings is 1. The van der Waals surface area contributed by atoms with Gasteiger partial charge in [0.05, 0.1) is 13.7 Å². The van der Waals surface area contributed by atoms with Crippen molar-refractivity contribution >= 4 is 11.8 Å². The summed E-state index contributed by atoms with van der Waals surface area (Å²) in [5.41, 5.74) is 9.87. The summed E-state index contributed by atoms with van der Waals surface area (Å²) in [4.78, 5) is 10.9. The van der Waals surface area contributed by atoms with Gasteiger partial charge in [-0.1, -0.05) is 25.5 Å². The second-order valence-electron chi connectivity index (χ2n) is 7.92. The molecule has 1 unspecified atom stereocenters. The number of nitrogen functional groups attached to an aromatic ring is 1. The number of nitrogens with zero attached hydrogens (tertiary/aromatic N) is 3. The molecule has 5 N–H and O–H groups in total. The Balaban J connectivity index is 2.32. The van der Waals surface area contributed by atoms with E-state index < -0.39 is 0 Å². The monoisotopic (exact) mass is 431 g/mol. The minimum Gasteiger partial charge on any atom is -0.496 e. The molecule has 1 aromatic heterocycles. The minimum atomic E-state index is 0.118. The average Bonchev–Trinajstić information content (AvgIpc) is 2.71. The molecule has 2 aromatic rings. The third-order valence-corrected chi connectivity index (χ3v) is 5.34. The zero-order chi connectivity index (χ0) is 22.8. The molecule has 31 heavy (non-hydrogen) atoms. The van der Waals surface area contributed by atoms with Crippen LogP contribution in [0.25, 0.3) is 0 Å². The van der Waals surface area contributed by atoms with Gasteiger partial charge in [0.25, 0.3) is 0 Å². The Kier molecular flexibility index (Phi) is 9.97. The number of aliphatic hydroxyl groups excluding tert-OH is 2. The summed E-state index contributed by atoms with van der Waals surface area (Å²) in [6, 6.07) is 6.30. The van der Waals surface area contributed by atoms with E-state index in [2.05, 4.69) is 39.2 Å². The Morgan fingerprint density at radius 1 is 1.19 bits per heavy atom. The summed E-state index contributed by atoms with van der Waals surface area (Å²) < 4.78 is 5.67. The lowest BCUT2D eigenvalue weighted by atomic mass is 10.0. The molecule has 2 rings (SSSR count). The number of ether oxygens (including phenoxy) is 1. The first-order valence-electron chi connectivity index (χ1n) is 10.9. The van der Waals surface area contributed by atoms with Gasteiger partial charge in [0.1, 0.15) is 11.6 Å². The van der Waals surface area contributed by atoms with E-state index in [0.717, 1.165) is 47.5 Å². The summed E-state index contributed by atoms with van der Waals surface area (Å²) in [5.74, 6) is 1.75. The first kappa shape index (κ1) is 24.8. The number of likely N-dealkylation sites (N-methyl/N-ethyl adjacent to an activating group) is 1. The highest BCUT2D eigenvalue weighted by Crippen LogP contribution is 2.28. The Bertz CT molecular complexity index is 825. The van der Waals surface area contributed by atoms with E-state index in [9.17, 15) is 5.11 Å². The largest absolute Gasteiger partial charge is 0.496 e. The van der Waals surface area contributed by atoms with Crippen molar-refractivity contribution in [2.24, 2.45) is 0 Å². The Morgan fingerprint density at radius 2 is 1.97 bits per heavy atom. The van der Waals surface area contributed by atoms with Gasteiger partial charge in [-0.05, 0) is 44.0 Å². The molecule has 0 aliphatic heterocycles. The molecule has 8 nitrogen and oxygen atoms in total. The molecular weight excluding hydrogens is 394 g/mol. The van der Waals surface area contributed by atoms with Crippen LogP contribution in [0.1, 0.15) is 48.6 Å². The zero-order valence-corrected chi connectivity index (χ0v) is 19.2.